The standard InChI is InChI=1S/C15H16N2O3/c1-11(12-6-5-7-13(10-12)20-2)16-14-8-3-4-9-15(14)17(18)19/h3-11,16H,1-2H3. The normalized spacial score (nSPS) is 11.7. The zero-order chi connectivity index (χ0) is 14.5. The largest absolute Gasteiger partial charge is 0.497 e. The molecule has 0 spiro atoms. The van der Waals surface area contributed by atoms with Gasteiger partial charge in [0.1, 0.15) is 11.4 Å². The highest BCUT2D eigenvalue weighted by Gasteiger charge is 2.15. The lowest BCUT2D eigenvalue weighted by Crippen LogP contribution is -2.08. The van der Waals surface area contributed by atoms with Gasteiger partial charge < -0.3 is 10.1 Å². The Balaban J connectivity index is 2.23. The van der Waals surface area contributed by atoms with Gasteiger partial charge in [0, 0.05) is 12.1 Å². The summed E-state index contributed by atoms with van der Waals surface area (Å²) in [6.07, 6.45) is 0. The number of nitrogens with one attached hydrogen (secondary N) is 1. The van der Waals surface area contributed by atoms with Gasteiger partial charge in [0.15, 0.2) is 0 Å². The molecule has 2 aromatic rings. The molecule has 0 aliphatic rings. The van der Waals surface area contributed by atoms with Gasteiger partial charge in [-0.2, -0.15) is 0 Å². The first-order valence-electron chi connectivity index (χ1n) is 6.25. The molecular weight excluding hydrogens is 256 g/mol. The number of rotatable bonds is 5. The molecule has 0 aliphatic carbocycles. The van der Waals surface area contributed by atoms with Gasteiger partial charge in [0.05, 0.1) is 12.0 Å². The van der Waals surface area contributed by atoms with Crippen molar-refractivity contribution in [2.75, 3.05) is 12.4 Å². The van der Waals surface area contributed by atoms with Crippen LogP contribution in [0.25, 0.3) is 0 Å². The van der Waals surface area contributed by atoms with E-state index in [2.05, 4.69) is 5.32 Å². The summed E-state index contributed by atoms with van der Waals surface area (Å²) >= 11 is 0. The van der Waals surface area contributed by atoms with Crippen molar-refractivity contribution in [3.63, 3.8) is 0 Å². The number of benzene rings is 2. The highest BCUT2D eigenvalue weighted by atomic mass is 16.6. The third kappa shape index (κ3) is 3.06. The van der Waals surface area contributed by atoms with Crippen LogP contribution in [0.5, 0.6) is 5.75 Å². The van der Waals surface area contributed by atoms with Gasteiger partial charge in [-0.1, -0.05) is 24.3 Å². The summed E-state index contributed by atoms with van der Waals surface area (Å²) in [7, 11) is 1.61. The van der Waals surface area contributed by atoms with Crippen molar-refractivity contribution in [2.24, 2.45) is 0 Å². The summed E-state index contributed by atoms with van der Waals surface area (Å²) in [5.74, 6) is 0.763. The summed E-state index contributed by atoms with van der Waals surface area (Å²) in [6.45, 7) is 1.95. The fourth-order valence-corrected chi connectivity index (χ4v) is 1.98. The summed E-state index contributed by atoms with van der Waals surface area (Å²) in [5.41, 5.74) is 1.58. The first-order valence-corrected chi connectivity index (χ1v) is 6.25. The summed E-state index contributed by atoms with van der Waals surface area (Å²) < 4.78 is 5.18. The van der Waals surface area contributed by atoms with Crippen LogP contribution in [-0.4, -0.2) is 12.0 Å². The Hall–Kier alpha value is -2.56. The molecule has 0 heterocycles. The molecule has 1 unspecified atom stereocenters. The van der Waals surface area contributed by atoms with E-state index in [0.29, 0.717) is 5.69 Å². The average molecular weight is 272 g/mol. The molecule has 0 aromatic heterocycles. The van der Waals surface area contributed by atoms with E-state index >= 15 is 0 Å². The second-order valence-corrected chi connectivity index (χ2v) is 4.42. The molecule has 1 N–H and O–H groups in total. The summed E-state index contributed by atoms with van der Waals surface area (Å²) in [4.78, 5) is 10.6. The lowest BCUT2D eigenvalue weighted by molar-refractivity contribution is -0.384. The van der Waals surface area contributed by atoms with Crippen LogP contribution in [-0.2, 0) is 0 Å². The second kappa shape index (κ2) is 6.06. The molecule has 5 nitrogen and oxygen atoms in total. The molecule has 5 heteroatoms. The molecule has 2 aromatic carbocycles. The number of anilines is 1. The zero-order valence-electron chi connectivity index (χ0n) is 11.4. The Morgan fingerprint density at radius 2 is 1.95 bits per heavy atom. The minimum atomic E-state index is -0.388. The fourth-order valence-electron chi connectivity index (χ4n) is 1.98. The van der Waals surface area contributed by atoms with Crippen LogP contribution in [0.2, 0.25) is 0 Å². The number of hydrogen-bond donors (Lipinski definition) is 1. The van der Waals surface area contributed by atoms with Crippen LogP contribution < -0.4 is 10.1 Å². The topological polar surface area (TPSA) is 64.4 Å². The Morgan fingerprint density at radius 3 is 2.65 bits per heavy atom. The third-order valence-electron chi connectivity index (χ3n) is 3.07. The quantitative estimate of drug-likeness (QED) is 0.664. The van der Waals surface area contributed by atoms with Crippen LogP contribution in [0, 0.1) is 10.1 Å². The van der Waals surface area contributed by atoms with Gasteiger partial charge in [0.2, 0.25) is 0 Å². The van der Waals surface area contributed by atoms with Crippen molar-refractivity contribution < 1.29 is 9.66 Å². The number of nitrogens with zero attached hydrogens (tertiary/aromatic N) is 1. The van der Waals surface area contributed by atoms with E-state index in [0.717, 1.165) is 11.3 Å². The second-order valence-electron chi connectivity index (χ2n) is 4.42. The van der Waals surface area contributed by atoms with Crippen molar-refractivity contribution in [1.29, 1.82) is 0 Å². The lowest BCUT2D eigenvalue weighted by Gasteiger charge is -2.16. The van der Waals surface area contributed by atoms with Gasteiger partial charge >= 0.3 is 0 Å². The van der Waals surface area contributed by atoms with Crippen LogP contribution in [0.3, 0.4) is 0 Å². The number of nitro groups is 1. The van der Waals surface area contributed by atoms with Crippen LogP contribution >= 0.6 is 0 Å². The molecule has 0 saturated carbocycles. The van der Waals surface area contributed by atoms with Gasteiger partial charge in [0.25, 0.3) is 5.69 Å². The number of ether oxygens (including phenoxy) is 1. The molecule has 1 atom stereocenters. The van der Waals surface area contributed by atoms with Crippen LogP contribution in [0.1, 0.15) is 18.5 Å². The first-order chi connectivity index (χ1) is 9.61. The van der Waals surface area contributed by atoms with E-state index < -0.39 is 0 Å². The van der Waals surface area contributed by atoms with E-state index in [4.69, 9.17) is 4.74 Å². The zero-order valence-corrected chi connectivity index (χ0v) is 11.4. The molecule has 0 bridgehead atoms. The molecule has 0 radical (unpaired) electrons. The average Bonchev–Trinajstić information content (AvgIpc) is 2.47. The highest BCUT2D eigenvalue weighted by Crippen LogP contribution is 2.28. The van der Waals surface area contributed by atoms with E-state index in [-0.39, 0.29) is 16.7 Å². The molecule has 0 aliphatic heterocycles. The maximum Gasteiger partial charge on any atom is 0.292 e. The highest BCUT2D eigenvalue weighted by molar-refractivity contribution is 5.62. The fraction of sp³-hybridized carbons (Fsp3) is 0.200. The van der Waals surface area contributed by atoms with Gasteiger partial charge in [-0.3, -0.25) is 10.1 Å². The van der Waals surface area contributed by atoms with Crippen molar-refractivity contribution in [2.45, 2.75) is 13.0 Å². The number of methoxy groups -OCH3 is 1. The van der Waals surface area contributed by atoms with Crippen molar-refractivity contribution in [3.8, 4) is 5.75 Å². The molecule has 0 amide bonds. The summed E-state index contributed by atoms with van der Waals surface area (Å²) in [6, 6.07) is 14.2. The van der Waals surface area contributed by atoms with E-state index in [1.54, 1.807) is 25.3 Å². The van der Waals surface area contributed by atoms with Crippen LogP contribution in [0.4, 0.5) is 11.4 Å². The Kier molecular flexibility index (Phi) is 4.20. The minimum Gasteiger partial charge on any atom is -0.497 e. The predicted molar refractivity (Wildman–Crippen MR) is 78.1 cm³/mol. The maximum absolute atomic E-state index is 11.0. The molecule has 0 saturated heterocycles. The number of nitro benzene ring substituents is 1. The lowest BCUT2D eigenvalue weighted by atomic mass is 10.1. The molecule has 0 fully saturated rings. The Labute approximate surface area is 117 Å². The number of para-hydroxylation sites is 2. The number of hydrogen-bond acceptors (Lipinski definition) is 4. The van der Waals surface area contributed by atoms with Gasteiger partial charge in [-0.05, 0) is 30.7 Å². The Morgan fingerprint density at radius 1 is 1.20 bits per heavy atom. The van der Waals surface area contributed by atoms with Crippen molar-refractivity contribution >= 4 is 11.4 Å². The molecular formula is C15H16N2O3. The van der Waals surface area contributed by atoms with Crippen molar-refractivity contribution in [1.82, 2.24) is 0 Å². The van der Waals surface area contributed by atoms with E-state index in [1.807, 2.05) is 31.2 Å². The first kappa shape index (κ1) is 13.9. The van der Waals surface area contributed by atoms with E-state index in [9.17, 15) is 10.1 Å². The molecule has 104 valence electrons. The Bertz CT molecular complexity index is 614. The van der Waals surface area contributed by atoms with Gasteiger partial charge in [-0.15, -0.1) is 0 Å². The molecule has 2 rings (SSSR count). The smallest absolute Gasteiger partial charge is 0.292 e. The van der Waals surface area contributed by atoms with Crippen LogP contribution in [0.15, 0.2) is 48.5 Å². The van der Waals surface area contributed by atoms with Gasteiger partial charge in [-0.25, -0.2) is 0 Å². The molecule has 20 heavy (non-hydrogen) atoms. The predicted octanol–water partition coefficient (Wildman–Crippen LogP) is 3.78. The third-order valence-corrected chi connectivity index (χ3v) is 3.07. The monoisotopic (exact) mass is 272 g/mol. The minimum absolute atomic E-state index is 0.0637. The van der Waals surface area contributed by atoms with Crippen molar-refractivity contribution in [3.05, 3.63) is 64.2 Å². The van der Waals surface area contributed by atoms with E-state index in [1.165, 1.54) is 6.07 Å². The summed E-state index contributed by atoms with van der Waals surface area (Å²) in [5, 5.41) is 14.1. The SMILES string of the molecule is COc1cccc(C(C)Nc2ccccc2[N+](=O)[O-])c1. The maximum atomic E-state index is 11.0.